The van der Waals surface area contributed by atoms with Crippen molar-refractivity contribution in [1.82, 2.24) is 14.1 Å². The minimum atomic E-state index is -0.558. The lowest BCUT2D eigenvalue weighted by Crippen LogP contribution is -2.37. The molecule has 1 aliphatic heterocycles. The van der Waals surface area contributed by atoms with Crippen molar-refractivity contribution in [2.75, 3.05) is 23.9 Å². The van der Waals surface area contributed by atoms with Gasteiger partial charge in [-0.1, -0.05) is 6.07 Å². The number of aromatic nitrogens is 3. The summed E-state index contributed by atoms with van der Waals surface area (Å²) in [5.74, 6) is -0.441. The van der Waals surface area contributed by atoms with Crippen LogP contribution in [-0.4, -0.2) is 39.6 Å². The van der Waals surface area contributed by atoms with Gasteiger partial charge >= 0.3 is 5.69 Å². The summed E-state index contributed by atoms with van der Waals surface area (Å²) in [5, 5.41) is 2.94. The van der Waals surface area contributed by atoms with Gasteiger partial charge in [-0.3, -0.25) is 23.5 Å². The van der Waals surface area contributed by atoms with E-state index in [0.717, 1.165) is 4.57 Å². The third-order valence-electron chi connectivity index (χ3n) is 5.42. The number of anilines is 2. The summed E-state index contributed by atoms with van der Waals surface area (Å²) >= 11 is 0. The van der Waals surface area contributed by atoms with Crippen molar-refractivity contribution >= 4 is 34.2 Å². The van der Waals surface area contributed by atoms with Crippen LogP contribution in [0.4, 0.5) is 11.4 Å². The standard InChI is InChI=1S/C21H21N5O5/c1-24-18-16(20(29)25(2)21(24)30)8-13(10-22-18)23-19(28)12-7-17(27)26(11-12)14-5-4-6-15(9-14)31-3/h4-6,8-10,12H,7,11H2,1-3H3,(H,23,28). The summed E-state index contributed by atoms with van der Waals surface area (Å²) in [5.41, 5.74) is 0.231. The SMILES string of the molecule is COc1cccc(N2CC(C(=O)Nc3cnc4c(c3)c(=O)n(C)c(=O)n4C)CC2=O)c1. The molecule has 1 aromatic carbocycles. The molecule has 2 amide bonds. The number of hydrogen-bond donors (Lipinski definition) is 1. The number of fused-ring (bicyclic) bond motifs is 1. The van der Waals surface area contributed by atoms with Gasteiger partial charge in [-0.2, -0.15) is 0 Å². The van der Waals surface area contributed by atoms with Gasteiger partial charge in [-0.15, -0.1) is 0 Å². The number of amides is 2. The minimum Gasteiger partial charge on any atom is -0.497 e. The molecule has 4 rings (SSSR count). The summed E-state index contributed by atoms with van der Waals surface area (Å²) in [6.45, 7) is 0.231. The molecule has 0 bridgehead atoms. The Morgan fingerprint density at radius 3 is 2.68 bits per heavy atom. The van der Waals surface area contributed by atoms with Crippen LogP contribution in [0.3, 0.4) is 0 Å². The Hall–Kier alpha value is -3.95. The molecule has 10 nitrogen and oxygen atoms in total. The topological polar surface area (TPSA) is 116 Å². The minimum absolute atomic E-state index is 0.0698. The fraction of sp³-hybridized carbons (Fsp3) is 0.286. The van der Waals surface area contributed by atoms with Gasteiger partial charge < -0.3 is 15.0 Å². The molecule has 1 fully saturated rings. The van der Waals surface area contributed by atoms with Crippen LogP contribution < -0.4 is 26.2 Å². The summed E-state index contributed by atoms with van der Waals surface area (Å²) in [6, 6.07) is 8.57. The van der Waals surface area contributed by atoms with Crippen molar-refractivity contribution in [2.24, 2.45) is 20.0 Å². The lowest BCUT2D eigenvalue weighted by Gasteiger charge is -2.17. The van der Waals surface area contributed by atoms with Crippen molar-refractivity contribution < 1.29 is 14.3 Å². The fourth-order valence-electron chi connectivity index (χ4n) is 3.69. The maximum atomic E-state index is 12.8. The number of carbonyl (C=O) groups excluding carboxylic acids is 2. The Balaban J connectivity index is 1.56. The Kier molecular flexibility index (Phi) is 5.05. The molecule has 0 radical (unpaired) electrons. The number of pyridine rings is 1. The Morgan fingerprint density at radius 2 is 1.94 bits per heavy atom. The van der Waals surface area contributed by atoms with Crippen LogP contribution in [0.1, 0.15) is 6.42 Å². The Bertz CT molecular complexity index is 1330. The number of nitrogens with zero attached hydrogens (tertiary/aromatic N) is 4. The molecule has 10 heteroatoms. The molecular formula is C21H21N5O5. The van der Waals surface area contributed by atoms with E-state index < -0.39 is 17.2 Å². The summed E-state index contributed by atoms with van der Waals surface area (Å²) in [6.07, 6.45) is 1.45. The summed E-state index contributed by atoms with van der Waals surface area (Å²) in [7, 11) is 4.45. The quantitative estimate of drug-likeness (QED) is 0.658. The largest absolute Gasteiger partial charge is 0.497 e. The zero-order valence-corrected chi connectivity index (χ0v) is 17.3. The monoisotopic (exact) mass is 423 g/mol. The first-order valence-electron chi connectivity index (χ1n) is 9.61. The molecule has 1 N–H and O–H groups in total. The van der Waals surface area contributed by atoms with E-state index in [0.29, 0.717) is 17.1 Å². The number of hydrogen-bond acceptors (Lipinski definition) is 6. The smallest absolute Gasteiger partial charge is 0.332 e. The molecular weight excluding hydrogens is 402 g/mol. The molecule has 1 atom stereocenters. The van der Waals surface area contributed by atoms with E-state index in [1.165, 1.54) is 30.9 Å². The highest BCUT2D eigenvalue weighted by molar-refractivity contribution is 6.03. The average molecular weight is 423 g/mol. The van der Waals surface area contributed by atoms with Crippen LogP contribution in [0.25, 0.3) is 11.0 Å². The van der Waals surface area contributed by atoms with Crippen LogP contribution in [0.2, 0.25) is 0 Å². The van der Waals surface area contributed by atoms with E-state index >= 15 is 0 Å². The van der Waals surface area contributed by atoms with Crippen molar-refractivity contribution in [2.45, 2.75) is 6.42 Å². The second-order valence-electron chi connectivity index (χ2n) is 7.40. The maximum absolute atomic E-state index is 12.8. The highest BCUT2D eigenvalue weighted by atomic mass is 16.5. The predicted octanol–water partition coefficient (Wildman–Crippen LogP) is 0.632. The number of ether oxygens (including phenoxy) is 1. The number of carbonyl (C=O) groups is 2. The number of aryl methyl sites for hydroxylation is 1. The zero-order valence-electron chi connectivity index (χ0n) is 17.3. The molecule has 1 aliphatic rings. The first-order chi connectivity index (χ1) is 14.8. The van der Waals surface area contributed by atoms with Gasteiger partial charge in [0.1, 0.15) is 11.4 Å². The highest BCUT2D eigenvalue weighted by Crippen LogP contribution is 2.28. The van der Waals surface area contributed by atoms with Crippen LogP contribution in [0, 0.1) is 5.92 Å². The van der Waals surface area contributed by atoms with E-state index in [2.05, 4.69) is 10.3 Å². The van der Waals surface area contributed by atoms with Crippen LogP contribution in [-0.2, 0) is 23.7 Å². The molecule has 0 saturated carbocycles. The average Bonchev–Trinajstić information content (AvgIpc) is 3.18. The van der Waals surface area contributed by atoms with Gasteiger partial charge in [0.05, 0.1) is 30.3 Å². The molecule has 0 aliphatic carbocycles. The van der Waals surface area contributed by atoms with Gasteiger partial charge in [0, 0.05) is 38.8 Å². The highest BCUT2D eigenvalue weighted by Gasteiger charge is 2.35. The zero-order chi connectivity index (χ0) is 22.3. The number of nitrogens with one attached hydrogen (secondary N) is 1. The molecule has 2 aromatic heterocycles. The first kappa shape index (κ1) is 20.3. The van der Waals surface area contributed by atoms with Crippen LogP contribution in [0.15, 0.2) is 46.1 Å². The van der Waals surface area contributed by atoms with Gasteiger partial charge in [-0.25, -0.2) is 9.78 Å². The van der Waals surface area contributed by atoms with Crippen LogP contribution in [0.5, 0.6) is 5.75 Å². The first-order valence-corrected chi connectivity index (χ1v) is 9.61. The van der Waals surface area contributed by atoms with Gasteiger partial charge in [0.15, 0.2) is 0 Å². The normalized spacial score (nSPS) is 16.0. The van der Waals surface area contributed by atoms with E-state index in [1.807, 2.05) is 0 Å². The van der Waals surface area contributed by atoms with Crippen molar-refractivity contribution in [3.05, 3.63) is 57.4 Å². The second-order valence-corrected chi connectivity index (χ2v) is 7.40. The van der Waals surface area contributed by atoms with E-state index in [4.69, 9.17) is 4.74 Å². The van der Waals surface area contributed by atoms with Gasteiger partial charge in [-0.05, 0) is 18.2 Å². The summed E-state index contributed by atoms with van der Waals surface area (Å²) < 4.78 is 7.45. The third kappa shape index (κ3) is 3.56. The number of benzene rings is 1. The van der Waals surface area contributed by atoms with Crippen LogP contribution >= 0.6 is 0 Å². The number of methoxy groups -OCH3 is 1. The van der Waals surface area contributed by atoms with E-state index in [-0.39, 0.29) is 35.8 Å². The van der Waals surface area contributed by atoms with Crippen molar-refractivity contribution in [3.8, 4) is 5.75 Å². The molecule has 3 aromatic rings. The Morgan fingerprint density at radius 1 is 1.16 bits per heavy atom. The molecule has 1 saturated heterocycles. The molecule has 1 unspecified atom stereocenters. The molecule has 160 valence electrons. The Labute approximate surface area is 176 Å². The molecule has 0 spiro atoms. The van der Waals surface area contributed by atoms with Gasteiger partial charge in [0.25, 0.3) is 5.56 Å². The fourth-order valence-corrected chi connectivity index (χ4v) is 3.69. The van der Waals surface area contributed by atoms with Crippen molar-refractivity contribution in [1.29, 1.82) is 0 Å². The maximum Gasteiger partial charge on any atom is 0.332 e. The third-order valence-corrected chi connectivity index (χ3v) is 5.42. The number of rotatable bonds is 4. The second kappa shape index (κ2) is 7.71. The lowest BCUT2D eigenvalue weighted by atomic mass is 10.1. The predicted molar refractivity (Wildman–Crippen MR) is 114 cm³/mol. The lowest BCUT2D eigenvalue weighted by molar-refractivity contribution is -0.122. The van der Waals surface area contributed by atoms with E-state index in [1.54, 1.807) is 36.3 Å². The molecule has 3 heterocycles. The van der Waals surface area contributed by atoms with Crippen molar-refractivity contribution in [3.63, 3.8) is 0 Å². The van der Waals surface area contributed by atoms with E-state index in [9.17, 15) is 19.2 Å². The van der Waals surface area contributed by atoms with Gasteiger partial charge in [0.2, 0.25) is 11.8 Å². The summed E-state index contributed by atoms with van der Waals surface area (Å²) in [4.78, 5) is 55.4. The molecule has 31 heavy (non-hydrogen) atoms.